The van der Waals surface area contributed by atoms with Crippen molar-refractivity contribution in [1.82, 2.24) is 5.32 Å². The third-order valence-electron chi connectivity index (χ3n) is 7.96. The molecule has 264 valence electrons. The van der Waals surface area contributed by atoms with E-state index in [9.17, 15) is 28.8 Å². The van der Waals surface area contributed by atoms with Gasteiger partial charge in [0.25, 0.3) is 0 Å². The molecule has 6 atom stereocenters. The number of hydrogen-bond acceptors (Lipinski definition) is 10. The molecule has 4 N–H and O–H groups in total. The van der Waals surface area contributed by atoms with Crippen molar-refractivity contribution >= 4 is 35.8 Å². The van der Waals surface area contributed by atoms with E-state index in [0.29, 0.717) is 25.7 Å². The van der Waals surface area contributed by atoms with Crippen LogP contribution in [0.4, 0.5) is 0 Å². The molecule has 3 rings (SSSR count). The molecular weight excluding hydrogens is 596 g/mol. The Morgan fingerprint density at radius 1 is 0.761 bits per heavy atom. The zero-order valence-electron chi connectivity index (χ0n) is 29.5. The van der Waals surface area contributed by atoms with E-state index in [1.807, 2.05) is 48.5 Å². The van der Waals surface area contributed by atoms with Crippen LogP contribution in [0.15, 0.2) is 0 Å². The lowest BCUT2D eigenvalue weighted by atomic mass is 9.80. The number of nitrogens with one attached hydrogen (secondary N) is 1. The van der Waals surface area contributed by atoms with Gasteiger partial charge in [-0.1, -0.05) is 40.5 Å². The average Bonchev–Trinajstić information content (AvgIpc) is 2.93. The summed E-state index contributed by atoms with van der Waals surface area (Å²) in [6.07, 6.45) is 5.86. The number of carboxylic acid groups (broad SMARTS) is 1. The van der Waals surface area contributed by atoms with Crippen molar-refractivity contribution in [3.05, 3.63) is 0 Å². The van der Waals surface area contributed by atoms with Crippen molar-refractivity contribution < 1.29 is 48.1 Å². The fraction of sp³-hybridized carbons (Fsp3) is 0.824. The fourth-order valence-corrected chi connectivity index (χ4v) is 5.31. The Hall–Kier alpha value is -3.02. The van der Waals surface area contributed by atoms with Crippen molar-refractivity contribution in [1.29, 1.82) is 0 Å². The van der Waals surface area contributed by atoms with E-state index in [-0.39, 0.29) is 53.4 Å². The van der Waals surface area contributed by atoms with Crippen molar-refractivity contribution in [2.45, 2.75) is 144 Å². The van der Waals surface area contributed by atoms with Gasteiger partial charge in [0, 0.05) is 5.92 Å². The predicted octanol–water partition coefficient (Wildman–Crippen LogP) is 4.55. The number of nitrogens with two attached hydrogens (primary N) is 1. The number of cyclic esters (lactones) is 2. The monoisotopic (exact) mass is 654 g/mol. The summed E-state index contributed by atoms with van der Waals surface area (Å²) in [7, 11) is 0. The zero-order valence-corrected chi connectivity index (χ0v) is 29.5. The number of amides is 1. The first-order chi connectivity index (χ1) is 21.0. The first-order valence-electron chi connectivity index (χ1n) is 16.5. The van der Waals surface area contributed by atoms with Gasteiger partial charge in [-0.25, -0.2) is 4.79 Å². The standard InChI is InChI=1S/C17H29NO5.C9H19NO2.C8H10O3/c1-10(2)13(16(22)23-17(3,4)5)18-14(19)11-7-6-8-12(9-11)15(20)21;1-6(2)7(10)8(11)12-9(3,4)5;9-7-5-2-1-3-6(4-5)8(10)11-7/h10-13H,6-9H2,1-5H3,(H,18,19)(H,20,21);6-7H,10H2,1-5H3;5-6H,1-4H2/t11?,12?,13-;7-;/m00./s1. The number of carboxylic acids is 1. The Labute approximate surface area is 274 Å². The van der Waals surface area contributed by atoms with Crippen LogP contribution in [0.3, 0.4) is 0 Å². The van der Waals surface area contributed by atoms with Gasteiger partial charge in [0.2, 0.25) is 5.91 Å². The molecule has 4 unspecified atom stereocenters. The molecule has 3 aliphatic rings. The molecule has 2 saturated carbocycles. The van der Waals surface area contributed by atoms with Crippen molar-refractivity contribution in [3.8, 4) is 0 Å². The second-order valence-electron chi connectivity index (χ2n) is 15.3. The van der Waals surface area contributed by atoms with Gasteiger partial charge >= 0.3 is 29.8 Å². The van der Waals surface area contributed by atoms with E-state index in [0.717, 1.165) is 25.7 Å². The predicted molar refractivity (Wildman–Crippen MR) is 171 cm³/mol. The number of fused-ring (bicyclic) bond motifs is 2. The molecule has 2 bridgehead atoms. The topological polar surface area (TPSA) is 188 Å². The highest BCUT2D eigenvalue weighted by molar-refractivity contribution is 5.91. The van der Waals surface area contributed by atoms with E-state index in [1.54, 1.807) is 20.8 Å². The molecule has 0 aromatic carbocycles. The minimum absolute atomic E-state index is 0.0199. The molecular formula is C34H58N2O10. The summed E-state index contributed by atoms with van der Waals surface area (Å²) in [6, 6.07) is -1.23. The molecule has 1 heterocycles. The van der Waals surface area contributed by atoms with Crippen LogP contribution in [-0.2, 0) is 43.0 Å². The van der Waals surface area contributed by atoms with Crippen LogP contribution in [-0.4, -0.2) is 64.1 Å². The lowest BCUT2D eigenvalue weighted by Gasteiger charge is -2.30. The first-order valence-corrected chi connectivity index (χ1v) is 16.5. The maximum atomic E-state index is 12.4. The number of aliphatic carboxylic acids is 1. The highest BCUT2D eigenvalue weighted by Gasteiger charge is 2.39. The van der Waals surface area contributed by atoms with Crippen molar-refractivity contribution in [2.24, 2.45) is 41.2 Å². The van der Waals surface area contributed by atoms with Crippen molar-refractivity contribution in [3.63, 3.8) is 0 Å². The molecule has 1 saturated heterocycles. The molecule has 0 aromatic rings. The second kappa shape index (κ2) is 17.8. The second-order valence-corrected chi connectivity index (χ2v) is 15.3. The van der Waals surface area contributed by atoms with E-state index < -0.39 is 41.1 Å². The van der Waals surface area contributed by atoms with Gasteiger partial charge in [0.1, 0.15) is 23.3 Å². The molecule has 46 heavy (non-hydrogen) atoms. The van der Waals surface area contributed by atoms with Gasteiger partial charge in [-0.2, -0.15) is 0 Å². The fourth-order valence-electron chi connectivity index (χ4n) is 5.31. The van der Waals surface area contributed by atoms with E-state index in [1.165, 1.54) is 0 Å². The van der Waals surface area contributed by atoms with Crippen LogP contribution in [0.2, 0.25) is 0 Å². The molecule has 0 aromatic heterocycles. The number of carbonyl (C=O) groups excluding carboxylic acids is 5. The van der Waals surface area contributed by atoms with Crippen LogP contribution in [0.25, 0.3) is 0 Å². The van der Waals surface area contributed by atoms with Crippen LogP contribution in [0.1, 0.15) is 121 Å². The van der Waals surface area contributed by atoms with Gasteiger partial charge in [-0.15, -0.1) is 0 Å². The lowest BCUT2D eigenvalue weighted by molar-refractivity contribution is -0.174. The molecule has 0 spiro atoms. The molecule has 0 radical (unpaired) electrons. The number of carbonyl (C=O) groups is 6. The number of rotatable bonds is 7. The average molecular weight is 655 g/mol. The normalized spacial score (nSPS) is 24.2. The highest BCUT2D eigenvalue weighted by Crippen LogP contribution is 2.34. The quantitative estimate of drug-likeness (QED) is 0.198. The lowest BCUT2D eigenvalue weighted by Crippen LogP contribution is -2.49. The minimum Gasteiger partial charge on any atom is -0.481 e. The molecule has 12 heteroatoms. The number of hydrogen-bond donors (Lipinski definition) is 3. The van der Waals surface area contributed by atoms with Crippen molar-refractivity contribution in [2.75, 3.05) is 0 Å². The third kappa shape index (κ3) is 14.6. The van der Waals surface area contributed by atoms with Gasteiger partial charge in [-0.3, -0.25) is 24.0 Å². The van der Waals surface area contributed by atoms with Gasteiger partial charge in [0.05, 0.1) is 17.8 Å². The maximum absolute atomic E-state index is 12.4. The number of esters is 4. The summed E-state index contributed by atoms with van der Waals surface area (Å²) in [5.41, 5.74) is 4.53. The minimum atomic E-state index is -0.852. The summed E-state index contributed by atoms with van der Waals surface area (Å²) >= 11 is 0. The summed E-state index contributed by atoms with van der Waals surface area (Å²) < 4.78 is 15.0. The third-order valence-corrected chi connectivity index (χ3v) is 7.96. The van der Waals surface area contributed by atoms with Gasteiger partial charge in [-0.05, 0) is 91.9 Å². The Balaban J connectivity index is 0.000000383. The highest BCUT2D eigenvalue weighted by atomic mass is 16.6. The summed E-state index contributed by atoms with van der Waals surface area (Å²) in [6.45, 7) is 18.3. The molecule has 1 amide bonds. The SMILES string of the molecule is CC(C)[C@H](N)C(=O)OC(C)(C)C.CC(C)[C@H](NC(=O)C1CCCC(C(=O)O)C1)C(=O)OC(C)(C)C.O=C1OC(=O)C2CCCC1C2. The summed E-state index contributed by atoms with van der Waals surface area (Å²) in [4.78, 5) is 69.0. The molecule has 12 nitrogen and oxygen atoms in total. The Morgan fingerprint density at radius 3 is 1.65 bits per heavy atom. The van der Waals surface area contributed by atoms with Crippen LogP contribution < -0.4 is 11.1 Å². The van der Waals surface area contributed by atoms with Crippen LogP contribution in [0.5, 0.6) is 0 Å². The maximum Gasteiger partial charge on any atom is 0.329 e. The molecule has 2 aliphatic carbocycles. The molecule has 1 aliphatic heterocycles. The van der Waals surface area contributed by atoms with Crippen LogP contribution >= 0.6 is 0 Å². The Bertz CT molecular complexity index is 1050. The Morgan fingerprint density at radius 2 is 1.22 bits per heavy atom. The zero-order chi connectivity index (χ0) is 35.6. The van der Waals surface area contributed by atoms with E-state index >= 15 is 0 Å². The van der Waals surface area contributed by atoms with Gasteiger partial charge in [0.15, 0.2) is 0 Å². The summed E-state index contributed by atoms with van der Waals surface area (Å²) in [5, 5.41) is 11.9. The van der Waals surface area contributed by atoms with E-state index in [2.05, 4.69) is 10.1 Å². The molecule has 3 fully saturated rings. The largest absolute Gasteiger partial charge is 0.481 e. The summed E-state index contributed by atoms with van der Waals surface area (Å²) in [5.74, 6) is -3.24. The Kier molecular flexibility index (Phi) is 15.8. The van der Waals surface area contributed by atoms with Crippen LogP contribution in [0, 0.1) is 35.5 Å². The first kappa shape index (κ1) is 41.0. The van der Waals surface area contributed by atoms with Gasteiger partial charge < -0.3 is 30.4 Å². The van der Waals surface area contributed by atoms with E-state index in [4.69, 9.17) is 20.3 Å². The number of ether oxygens (including phenoxy) is 3. The smallest absolute Gasteiger partial charge is 0.329 e.